The van der Waals surface area contributed by atoms with E-state index < -0.39 is 10.0 Å². The molecule has 1 aromatic rings. The molecule has 1 spiro atoms. The number of sulfonamides is 1. The van der Waals surface area contributed by atoms with Crippen molar-refractivity contribution in [3.63, 3.8) is 0 Å². The van der Waals surface area contributed by atoms with Crippen molar-refractivity contribution in [3.8, 4) is 0 Å². The molecule has 3 aliphatic rings. The van der Waals surface area contributed by atoms with Crippen LogP contribution in [0.25, 0.3) is 0 Å². The van der Waals surface area contributed by atoms with Crippen LogP contribution in [0, 0.1) is 10.8 Å². The first-order valence-electron chi connectivity index (χ1n) is 13.1. The molecule has 1 saturated carbocycles. The van der Waals surface area contributed by atoms with E-state index in [0.29, 0.717) is 16.9 Å². The summed E-state index contributed by atoms with van der Waals surface area (Å²) in [7, 11) is -1.35. The zero-order chi connectivity index (χ0) is 24.4. The van der Waals surface area contributed by atoms with E-state index in [9.17, 15) is 8.42 Å². The molecule has 0 unspecified atom stereocenters. The summed E-state index contributed by atoms with van der Waals surface area (Å²) in [6, 6.07) is 4.12. The minimum atomic E-state index is -3.55. The molecule has 1 aliphatic carbocycles. The lowest BCUT2D eigenvalue weighted by Crippen LogP contribution is -2.43. The molecule has 192 valence electrons. The maximum atomic E-state index is 13.0. The van der Waals surface area contributed by atoms with Crippen molar-refractivity contribution >= 4 is 15.8 Å². The van der Waals surface area contributed by atoms with Gasteiger partial charge in [-0.25, -0.2) is 18.1 Å². The minimum absolute atomic E-state index is 0.00357. The number of piperidine rings is 1. The lowest BCUT2D eigenvalue weighted by Gasteiger charge is -2.38. The number of nitrogens with zero attached hydrogens (tertiary/aromatic N) is 3. The number of hydrogen-bond donors (Lipinski definition) is 1. The standard InChI is InChI=1S/C26H44N4O3S/c1-25(2,3)11-15-29(4)22-7-5-21(6-8-22)28-34(31,32)23-9-10-24(27-19-23)30-16-12-26(13-17-30)14-18-33-20-26/h9-10,19,21-22,28H,5-8,11-18,20H2,1-4H3/t21-,22-. The smallest absolute Gasteiger partial charge is 0.242 e. The lowest BCUT2D eigenvalue weighted by atomic mass is 9.78. The third kappa shape index (κ3) is 6.50. The third-order valence-electron chi connectivity index (χ3n) is 8.22. The van der Waals surface area contributed by atoms with Gasteiger partial charge in [-0.2, -0.15) is 0 Å². The fraction of sp³-hybridized carbons (Fsp3) is 0.808. The fourth-order valence-electron chi connectivity index (χ4n) is 5.59. The van der Waals surface area contributed by atoms with Crippen LogP contribution in [0.2, 0.25) is 0 Å². The summed E-state index contributed by atoms with van der Waals surface area (Å²) in [4.78, 5) is 9.51. The van der Waals surface area contributed by atoms with Crippen molar-refractivity contribution in [3.05, 3.63) is 18.3 Å². The molecular formula is C26H44N4O3S. The number of aromatic nitrogens is 1. The molecular weight excluding hydrogens is 448 g/mol. The highest BCUT2D eigenvalue weighted by molar-refractivity contribution is 7.89. The summed E-state index contributed by atoms with van der Waals surface area (Å²) in [6.45, 7) is 11.6. The van der Waals surface area contributed by atoms with Gasteiger partial charge in [0.1, 0.15) is 10.7 Å². The molecule has 0 radical (unpaired) electrons. The molecule has 0 aromatic carbocycles. The van der Waals surface area contributed by atoms with Crippen LogP contribution in [0.3, 0.4) is 0 Å². The SMILES string of the molecule is CN(CCC(C)(C)C)[C@H]1CC[C@H](NS(=O)(=O)c2ccc(N3CCC4(CCOC4)CC3)nc2)CC1. The Hall–Kier alpha value is -1.22. The van der Waals surface area contributed by atoms with Crippen LogP contribution >= 0.6 is 0 Å². The predicted octanol–water partition coefficient (Wildman–Crippen LogP) is 4.05. The lowest BCUT2D eigenvalue weighted by molar-refractivity contribution is 0.133. The van der Waals surface area contributed by atoms with Crippen molar-refractivity contribution in [1.29, 1.82) is 0 Å². The summed E-state index contributed by atoms with van der Waals surface area (Å²) < 4.78 is 34.6. The van der Waals surface area contributed by atoms with E-state index in [-0.39, 0.29) is 10.9 Å². The van der Waals surface area contributed by atoms with Crippen LogP contribution in [0.1, 0.15) is 72.1 Å². The predicted molar refractivity (Wildman–Crippen MR) is 137 cm³/mol. The Bertz CT molecular complexity index is 889. The molecule has 2 saturated heterocycles. The number of nitrogens with one attached hydrogen (secondary N) is 1. The van der Waals surface area contributed by atoms with Crippen LogP contribution in [-0.4, -0.2) is 70.3 Å². The number of hydrogen-bond acceptors (Lipinski definition) is 6. The van der Waals surface area contributed by atoms with E-state index in [1.807, 2.05) is 6.07 Å². The molecule has 0 bridgehead atoms. The second-order valence-electron chi connectivity index (χ2n) is 12.1. The number of rotatable bonds is 7. The Morgan fingerprint density at radius 1 is 1.15 bits per heavy atom. The Balaban J connectivity index is 1.26. The number of ether oxygens (including phenoxy) is 1. The molecule has 0 amide bonds. The van der Waals surface area contributed by atoms with Gasteiger partial charge in [0, 0.05) is 38.0 Å². The molecule has 7 nitrogen and oxygen atoms in total. The van der Waals surface area contributed by atoms with Gasteiger partial charge in [0.2, 0.25) is 10.0 Å². The van der Waals surface area contributed by atoms with Gasteiger partial charge in [0.15, 0.2) is 0 Å². The first-order chi connectivity index (χ1) is 16.1. The second kappa shape index (κ2) is 10.4. The van der Waals surface area contributed by atoms with Crippen molar-refractivity contribution in [2.45, 2.75) is 89.1 Å². The van der Waals surface area contributed by atoms with Gasteiger partial charge in [0.25, 0.3) is 0 Å². The quantitative estimate of drug-likeness (QED) is 0.619. The maximum absolute atomic E-state index is 13.0. The van der Waals surface area contributed by atoms with Crippen molar-refractivity contribution in [2.24, 2.45) is 10.8 Å². The highest BCUT2D eigenvalue weighted by atomic mass is 32.2. The Morgan fingerprint density at radius 2 is 1.85 bits per heavy atom. The number of anilines is 1. The van der Waals surface area contributed by atoms with Crippen molar-refractivity contribution < 1.29 is 13.2 Å². The van der Waals surface area contributed by atoms with Crippen LogP contribution in [0.15, 0.2) is 23.2 Å². The van der Waals surface area contributed by atoms with Gasteiger partial charge < -0.3 is 14.5 Å². The zero-order valence-electron chi connectivity index (χ0n) is 21.6. The van der Waals surface area contributed by atoms with Gasteiger partial charge >= 0.3 is 0 Å². The van der Waals surface area contributed by atoms with Crippen molar-refractivity contribution in [2.75, 3.05) is 44.8 Å². The van der Waals surface area contributed by atoms with Gasteiger partial charge in [-0.3, -0.25) is 0 Å². The average Bonchev–Trinajstić information content (AvgIpc) is 3.26. The highest BCUT2D eigenvalue weighted by Gasteiger charge is 2.38. The first kappa shape index (κ1) is 25.9. The van der Waals surface area contributed by atoms with Crippen LogP contribution in [0.5, 0.6) is 0 Å². The van der Waals surface area contributed by atoms with E-state index in [1.54, 1.807) is 6.07 Å². The fourth-order valence-corrected chi connectivity index (χ4v) is 6.84. The molecule has 0 atom stereocenters. The van der Waals surface area contributed by atoms with Gasteiger partial charge in [-0.15, -0.1) is 0 Å². The summed E-state index contributed by atoms with van der Waals surface area (Å²) in [5.41, 5.74) is 0.690. The molecule has 1 N–H and O–H groups in total. The van der Waals surface area contributed by atoms with Crippen molar-refractivity contribution in [1.82, 2.24) is 14.6 Å². The molecule has 34 heavy (non-hydrogen) atoms. The van der Waals surface area contributed by atoms with Gasteiger partial charge in [0.05, 0.1) is 6.61 Å². The average molecular weight is 493 g/mol. The minimum Gasteiger partial charge on any atom is -0.381 e. The largest absolute Gasteiger partial charge is 0.381 e. The van der Waals surface area contributed by atoms with Crippen LogP contribution in [-0.2, 0) is 14.8 Å². The topological polar surface area (TPSA) is 74.8 Å². The Labute approximate surface area is 206 Å². The van der Waals surface area contributed by atoms with Gasteiger partial charge in [-0.05, 0) is 87.9 Å². The number of pyridine rings is 1. The van der Waals surface area contributed by atoms with E-state index >= 15 is 0 Å². The normalized spacial score (nSPS) is 25.9. The molecule has 3 heterocycles. The van der Waals surface area contributed by atoms with Gasteiger partial charge in [-0.1, -0.05) is 20.8 Å². The zero-order valence-corrected chi connectivity index (χ0v) is 22.4. The second-order valence-corrected chi connectivity index (χ2v) is 13.8. The summed E-state index contributed by atoms with van der Waals surface area (Å²) in [5.74, 6) is 0.867. The maximum Gasteiger partial charge on any atom is 0.242 e. The first-order valence-corrected chi connectivity index (χ1v) is 14.6. The van der Waals surface area contributed by atoms with E-state index in [4.69, 9.17) is 4.74 Å². The molecule has 3 fully saturated rings. The van der Waals surface area contributed by atoms with E-state index in [2.05, 4.69) is 47.3 Å². The van der Waals surface area contributed by atoms with E-state index in [0.717, 1.165) is 83.6 Å². The molecule has 1 aromatic heterocycles. The third-order valence-corrected chi connectivity index (χ3v) is 9.73. The highest BCUT2D eigenvalue weighted by Crippen LogP contribution is 2.39. The summed E-state index contributed by atoms with van der Waals surface area (Å²) in [6.07, 6.45) is 9.92. The monoisotopic (exact) mass is 492 g/mol. The summed E-state index contributed by atoms with van der Waals surface area (Å²) in [5, 5.41) is 0. The molecule has 2 aliphatic heterocycles. The Kier molecular flexibility index (Phi) is 7.92. The van der Waals surface area contributed by atoms with E-state index in [1.165, 1.54) is 12.6 Å². The molecule has 8 heteroatoms. The Morgan fingerprint density at radius 3 is 2.41 bits per heavy atom. The molecule has 4 rings (SSSR count). The van der Waals surface area contributed by atoms with Crippen LogP contribution < -0.4 is 9.62 Å². The summed E-state index contributed by atoms with van der Waals surface area (Å²) >= 11 is 0. The van der Waals surface area contributed by atoms with Crippen LogP contribution in [0.4, 0.5) is 5.82 Å².